The highest BCUT2D eigenvalue weighted by molar-refractivity contribution is 9.10. The van der Waals surface area contributed by atoms with Gasteiger partial charge in [0.1, 0.15) is 0 Å². The van der Waals surface area contributed by atoms with Gasteiger partial charge in [0.2, 0.25) is 0 Å². The highest BCUT2D eigenvalue weighted by Gasteiger charge is 2.37. The molecule has 1 fully saturated rings. The van der Waals surface area contributed by atoms with Gasteiger partial charge >= 0.3 is 12.1 Å². The summed E-state index contributed by atoms with van der Waals surface area (Å²) in [5, 5.41) is 8.89. The summed E-state index contributed by atoms with van der Waals surface area (Å²) in [7, 11) is 0. The first-order valence-electron chi connectivity index (χ1n) is 5.75. The van der Waals surface area contributed by atoms with E-state index < -0.39 is 23.8 Å². The van der Waals surface area contributed by atoms with Crippen LogP contribution in [0.25, 0.3) is 0 Å². The summed E-state index contributed by atoms with van der Waals surface area (Å²) in [5.41, 5.74) is -0.826. The average molecular weight is 354 g/mol. The standard InChI is InChI=1S/C12H11BrF3NO3/c13-7-1-2-9(8(5-7)12(14,15)16)17-3-4-20-10(6-17)11(18)19/h1-2,5,10H,3-4,6H2,(H,18,19). The molecule has 0 saturated carbocycles. The normalized spacial score (nSPS) is 20.0. The molecule has 0 aliphatic carbocycles. The number of ether oxygens (including phenoxy) is 1. The van der Waals surface area contributed by atoms with Crippen LogP contribution in [0, 0.1) is 0 Å². The van der Waals surface area contributed by atoms with E-state index >= 15 is 0 Å². The molecule has 1 aromatic carbocycles. The van der Waals surface area contributed by atoms with Gasteiger partial charge in [-0.05, 0) is 18.2 Å². The molecular formula is C12H11BrF3NO3. The van der Waals surface area contributed by atoms with Gasteiger partial charge in [-0.15, -0.1) is 0 Å². The SMILES string of the molecule is O=C(O)C1CN(c2ccc(Br)cc2C(F)(F)F)CCO1. The summed E-state index contributed by atoms with van der Waals surface area (Å²) >= 11 is 3.01. The molecule has 0 spiro atoms. The van der Waals surface area contributed by atoms with Crippen molar-refractivity contribution in [2.45, 2.75) is 12.3 Å². The summed E-state index contributed by atoms with van der Waals surface area (Å²) in [6, 6.07) is 3.81. The van der Waals surface area contributed by atoms with Gasteiger partial charge in [0, 0.05) is 16.7 Å². The first-order valence-corrected chi connectivity index (χ1v) is 6.54. The molecule has 1 atom stereocenters. The second kappa shape index (κ2) is 5.61. The minimum atomic E-state index is -4.50. The third-order valence-corrected chi connectivity index (χ3v) is 3.44. The number of anilines is 1. The summed E-state index contributed by atoms with van der Waals surface area (Å²) in [5.74, 6) is -1.18. The Balaban J connectivity index is 2.35. The lowest BCUT2D eigenvalue weighted by Gasteiger charge is -2.34. The smallest absolute Gasteiger partial charge is 0.418 e. The zero-order chi connectivity index (χ0) is 14.9. The van der Waals surface area contributed by atoms with Gasteiger partial charge in [0.25, 0.3) is 0 Å². The zero-order valence-electron chi connectivity index (χ0n) is 10.2. The van der Waals surface area contributed by atoms with E-state index in [1.54, 1.807) is 0 Å². The van der Waals surface area contributed by atoms with Crippen LogP contribution in [0.4, 0.5) is 18.9 Å². The monoisotopic (exact) mass is 353 g/mol. The number of hydrogen-bond donors (Lipinski definition) is 1. The summed E-state index contributed by atoms with van der Waals surface area (Å²) in [4.78, 5) is 12.3. The molecule has 1 heterocycles. The maximum Gasteiger partial charge on any atom is 0.418 e. The molecule has 1 N–H and O–H groups in total. The van der Waals surface area contributed by atoms with Crippen LogP contribution in [0.5, 0.6) is 0 Å². The van der Waals surface area contributed by atoms with Crippen LogP contribution in [0.1, 0.15) is 5.56 Å². The lowest BCUT2D eigenvalue weighted by atomic mass is 10.1. The number of carbonyl (C=O) groups is 1. The molecule has 20 heavy (non-hydrogen) atoms. The fourth-order valence-electron chi connectivity index (χ4n) is 2.03. The molecule has 4 nitrogen and oxygen atoms in total. The lowest BCUT2D eigenvalue weighted by molar-refractivity contribution is -0.150. The van der Waals surface area contributed by atoms with Crippen molar-refractivity contribution in [3.05, 3.63) is 28.2 Å². The first-order chi connectivity index (χ1) is 9.29. The molecule has 1 saturated heterocycles. The molecule has 1 aliphatic heterocycles. The Labute approximate surface area is 121 Å². The Morgan fingerprint density at radius 2 is 2.15 bits per heavy atom. The number of benzene rings is 1. The fraction of sp³-hybridized carbons (Fsp3) is 0.417. The Morgan fingerprint density at radius 3 is 2.75 bits per heavy atom. The predicted molar refractivity (Wildman–Crippen MR) is 68.7 cm³/mol. The van der Waals surface area contributed by atoms with Gasteiger partial charge in [0.05, 0.1) is 18.7 Å². The van der Waals surface area contributed by atoms with Crippen molar-refractivity contribution in [1.29, 1.82) is 0 Å². The number of alkyl halides is 3. The molecule has 0 amide bonds. The van der Waals surface area contributed by atoms with E-state index in [0.717, 1.165) is 6.07 Å². The van der Waals surface area contributed by atoms with E-state index in [2.05, 4.69) is 15.9 Å². The van der Waals surface area contributed by atoms with E-state index in [0.29, 0.717) is 4.47 Å². The van der Waals surface area contributed by atoms with Gasteiger partial charge in [-0.25, -0.2) is 4.79 Å². The number of hydrogen-bond acceptors (Lipinski definition) is 3. The largest absolute Gasteiger partial charge is 0.479 e. The minimum absolute atomic E-state index is 0.0322. The van der Waals surface area contributed by atoms with Gasteiger partial charge in [-0.3, -0.25) is 0 Å². The second-order valence-electron chi connectivity index (χ2n) is 4.30. The number of aliphatic carboxylic acids is 1. The molecule has 0 aromatic heterocycles. The highest BCUT2D eigenvalue weighted by Crippen LogP contribution is 2.38. The van der Waals surface area contributed by atoms with Crippen molar-refractivity contribution in [3.8, 4) is 0 Å². The van der Waals surface area contributed by atoms with E-state index in [1.807, 2.05) is 0 Å². The van der Waals surface area contributed by atoms with Crippen LogP contribution >= 0.6 is 15.9 Å². The maximum absolute atomic E-state index is 13.0. The summed E-state index contributed by atoms with van der Waals surface area (Å²) in [6.07, 6.45) is -5.62. The fourth-order valence-corrected chi connectivity index (χ4v) is 2.39. The molecular weight excluding hydrogens is 343 g/mol. The van der Waals surface area contributed by atoms with Crippen molar-refractivity contribution in [2.24, 2.45) is 0 Å². The Kier molecular flexibility index (Phi) is 4.24. The molecule has 0 bridgehead atoms. The maximum atomic E-state index is 13.0. The summed E-state index contributed by atoms with van der Waals surface area (Å²) in [6.45, 7) is 0.179. The number of nitrogens with zero attached hydrogens (tertiary/aromatic N) is 1. The van der Waals surface area contributed by atoms with E-state index in [9.17, 15) is 18.0 Å². The Morgan fingerprint density at radius 1 is 1.45 bits per heavy atom. The van der Waals surface area contributed by atoms with Crippen molar-refractivity contribution in [3.63, 3.8) is 0 Å². The number of morpholine rings is 1. The topological polar surface area (TPSA) is 49.8 Å². The number of rotatable bonds is 2. The van der Waals surface area contributed by atoms with Crippen LogP contribution in [-0.2, 0) is 15.7 Å². The predicted octanol–water partition coefficient (Wildman–Crippen LogP) is 2.76. The number of carboxylic acid groups (broad SMARTS) is 1. The highest BCUT2D eigenvalue weighted by atomic mass is 79.9. The quantitative estimate of drug-likeness (QED) is 0.888. The van der Waals surface area contributed by atoms with Gasteiger partial charge < -0.3 is 14.7 Å². The molecule has 2 rings (SSSR count). The van der Waals surface area contributed by atoms with Gasteiger partial charge in [-0.1, -0.05) is 15.9 Å². The van der Waals surface area contributed by atoms with Crippen LogP contribution in [0.15, 0.2) is 22.7 Å². The molecule has 8 heteroatoms. The minimum Gasteiger partial charge on any atom is -0.479 e. The van der Waals surface area contributed by atoms with Crippen LogP contribution in [0.3, 0.4) is 0 Å². The third-order valence-electron chi connectivity index (χ3n) is 2.95. The molecule has 1 aromatic rings. The van der Waals surface area contributed by atoms with Crippen LogP contribution in [-0.4, -0.2) is 36.9 Å². The first kappa shape index (κ1) is 15.1. The Bertz CT molecular complexity index is 521. The van der Waals surface area contributed by atoms with Crippen molar-refractivity contribution in [2.75, 3.05) is 24.6 Å². The zero-order valence-corrected chi connectivity index (χ0v) is 11.7. The lowest BCUT2D eigenvalue weighted by Crippen LogP contribution is -2.46. The average Bonchev–Trinajstić information content (AvgIpc) is 2.37. The molecule has 1 unspecified atom stereocenters. The van der Waals surface area contributed by atoms with E-state index in [4.69, 9.17) is 9.84 Å². The molecule has 0 radical (unpaired) electrons. The van der Waals surface area contributed by atoms with Crippen molar-refractivity contribution < 1.29 is 27.8 Å². The van der Waals surface area contributed by atoms with Gasteiger partial charge in [-0.2, -0.15) is 13.2 Å². The van der Waals surface area contributed by atoms with E-state index in [-0.39, 0.29) is 25.4 Å². The van der Waals surface area contributed by atoms with Crippen molar-refractivity contribution in [1.82, 2.24) is 0 Å². The van der Waals surface area contributed by atoms with Gasteiger partial charge in [0.15, 0.2) is 6.10 Å². The second-order valence-corrected chi connectivity index (χ2v) is 5.22. The number of carboxylic acids is 1. The Hall–Kier alpha value is -1.28. The van der Waals surface area contributed by atoms with Crippen LogP contribution < -0.4 is 4.90 Å². The van der Waals surface area contributed by atoms with Crippen molar-refractivity contribution >= 4 is 27.6 Å². The third kappa shape index (κ3) is 3.24. The molecule has 110 valence electrons. The summed E-state index contributed by atoms with van der Waals surface area (Å²) < 4.78 is 44.5. The van der Waals surface area contributed by atoms with E-state index in [1.165, 1.54) is 17.0 Å². The van der Waals surface area contributed by atoms with Crippen LogP contribution in [0.2, 0.25) is 0 Å². The number of halogens is 4. The molecule has 1 aliphatic rings.